The van der Waals surface area contributed by atoms with Crippen molar-refractivity contribution < 1.29 is 9.53 Å². The summed E-state index contributed by atoms with van der Waals surface area (Å²) in [6.07, 6.45) is 4.92. The quantitative estimate of drug-likeness (QED) is 0.461. The second kappa shape index (κ2) is 9.85. The van der Waals surface area contributed by atoms with Crippen LogP contribution in [0.5, 0.6) is 0 Å². The van der Waals surface area contributed by atoms with Gasteiger partial charge in [-0.1, -0.05) is 41.9 Å². The summed E-state index contributed by atoms with van der Waals surface area (Å²) < 4.78 is 6.66. The van der Waals surface area contributed by atoms with Gasteiger partial charge in [0.05, 0.1) is 24.7 Å². The first-order valence-corrected chi connectivity index (χ1v) is 9.31. The van der Waals surface area contributed by atoms with Gasteiger partial charge in [0.2, 0.25) is 11.9 Å². The van der Waals surface area contributed by atoms with E-state index in [4.69, 9.17) is 16.3 Å². The zero-order chi connectivity index (χ0) is 20.6. The lowest BCUT2D eigenvalue weighted by atomic mass is 10.1. The summed E-state index contributed by atoms with van der Waals surface area (Å²) in [6, 6.07) is 8.64. The molecule has 1 amide bonds. The Balaban J connectivity index is 1.82. The van der Waals surface area contributed by atoms with E-state index in [9.17, 15) is 4.79 Å². The fourth-order valence-corrected chi connectivity index (χ4v) is 2.75. The number of ether oxygens (including phenoxy) is 1. The number of carbonyl (C=O) groups is 1. The number of aryl methyl sites for hydroxylation is 1. The topological polar surface area (TPSA) is 106 Å². The van der Waals surface area contributed by atoms with Crippen LogP contribution in [-0.4, -0.2) is 45.9 Å². The highest BCUT2D eigenvalue weighted by Crippen LogP contribution is 2.26. The Morgan fingerprint density at radius 3 is 2.76 bits per heavy atom. The highest BCUT2D eigenvalue weighted by molar-refractivity contribution is 6.32. The third-order valence-corrected chi connectivity index (χ3v) is 4.26. The summed E-state index contributed by atoms with van der Waals surface area (Å²) >= 11 is 6.28. The van der Waals surface area contributed by atoms with Crippen molar-refractivity contribution in [3.8, 4) is 0 Å². The van der Waals surface area contributed by atoms with Crippen molar-refractivity contribution in [2.24, 2.45) is 7.05 Å². The van der Waals surface area contributed by atoms with Gasteiger partial charge >= 0.3 is 0 Å². The third-order valence-electron chi connectivity index (χ3n) is 3.99. The first-order valence-electron chi connectivity index (χ1n) is 8.93. The summed E-state index contributed by atoms with van der Waals surface area (Å²) in [4.78, 5) is 21.4. The van der Waals surface area contributed by atoms with Crippen molar-refractivity contribution in [2.75, 3.05) is 30.9 Å². The molecule has 152 valence electrons. The number of halogens is 1. The lowest BCUT2D eigenvalue weighted by Gasteiger charge is -2.20. The van der Waals surface area contributed by atoms with Gasteiger partial charge < -0.3 is 20.7 Å². The molecule has 2 aromatic heterocycles. The molecule has 1 atom stereocenters. The highest BCUT2D eigenvalue weighted by atomic mass is 35.5. The van der Waals surface area contributed by atoms with Crippen molar-refractivity contribution in [1.29, 1.82) is 0 Å². The van der Waals surface area contributed by atoms with Gasteiger partial charge in [0, 0.05) is 26.9 Å². The van der Waals surface area contributed by atoms with Crippen LogP contribution in [-0.2, 0) is 16.6 Å². The molecule has 0 aliphatic heterocycles. The van der Waals surface area contributed by atoms with Crippen LogP contribution in [0.15, 0.2) is 48.9 Å². The zero-order valence-corrected chi connectivity index (χ0v) is 16.8. The average molecular weight is 416 g/mol. The molecule has 0 bridgehead atoms. The molecular formula is C19H22ClN7O2. The Morgan fingerprint density at radius 1 is 1.28 bits per heavy atom. The summed E-state index contributed by atoms with van der Waals surface area (Å²) in [5.74, 6) is 0.449. The molecule has 0 saturated carbocycles. The number of hydrogen-bond acceptors (Lipinski definition) is 7. The van der Waals surface area contributed by atoms with Crippen LogP contribution in [0.2, 0.25) is 5.02 Å². The Bertz CT molecular complexity index is 949. The average Bonchev–Trinajstić information content (AvgIpc) is 3.13. The third kappa shape index (κ3) is 5.66. The van der Waals surface area contributed by atoms with E-state index in [1.54, 1.807) is 24.2 Å². The van der Waals surface area contributed by atoms with Gasteiger partial charge in [0.25, 0.3) is 0 Å². The summed E-state index contributed by atoms with van der Waals surface area (Å²) in [7, 11) is 3.39. The molecule has 9 nitrogen and oxygen atoms in total. The lowest BCUT2D eigenvalue weighted by molar-refractivity contribution is -0.122. The van der Waals surface area contributed by atoms with Crippen LogP contribution in [0.25, 0.3) is 0 Å². The molecule has 0 aliphatic rings. The van der Waals surface area contributed by atoms with Crippen molar-refractivity contribution >= 4 is 35.0 Å². The molecule has 3 N–H and O–H groups in total. The number of aromatic nitrogens is 4. The number of rotatable bonds is 9. The van der Waals surface area contributed by atoms with Crippen molar-refractivity contribution in [1.82, 2.24) is 25.1 Å². The largest absolute Gasteiger partial charge is 0.383 e. The van der Waals surface area contributed by atoms with Gasteiger partial charge in [-0.3, -0.25) is 9.48 Å². The normalized spacial score (nSPS) is 11.7. The zero-order valence-electron chi connectivity index (χ0n) is 16.1. The Kier molecular flexibility index (Phi) is 6.99. The number of methoxy groups -OCH3 is 1. The van der Waals surface area contributed by atoms with Gasteiger partial charge in [-0.05, 0) is 5.56 Å². The monoisotopic (exact) mass is 415 g/mol. The smallest absolute Gasteiger partial charge is 0.247 e. The molecule has 0 aliphatic carbocycles. The summed E-state index contributed by atoms with van der Waals surface area (Å²) in [5, 5.41) is 13.4. The van der Waals surface area contributed by atoms with E-state index in [1.165, 1.54) is 6.20 Å². The molecule has 0 fully saturated rings. The van der Waals surface area contributed by atoms with E-state index in [0.29, 0.717) is 29.9 Å². The molecule has 0 radical (unpaired) electrons. The molecular weight excluding hydrogens is 394 g/mol. The number of amides is 1. The maximum atomic E-state index is 12.8. The number of nitrogens with one attached hydrogen (secondary N) is 3. The SMILES string of the molecule is COCCNC(=O)[C@@H](Nc1nc(Nc2cnn(C)c2)ncc1Cl)c1ccccc1. The standard InChI is InChI=1S/C19H22ClN7O2/c1-27-12-14(10-23-27)24-19-22-11-15(20)17(26-19)25-16(13-6-4-3-5-7-13)18(28)21-8-9-29-2/h3-7,10-12,16H,8-9H2,1-2H3,(H,21,28)(H2,22,24,25,26)/t16-/m0/s1. The second-order valence-corrected chi connectivity index (χ2v) is 6.60. The Labute approximate surface area is 173 Å². The van der Waals surface area contributed by atoms with Gasteiger partial charge in [-0.15, -0.1) is 0 Å². The van der Waals surface area contributed by atoms with Crippen LogP contribution < -0.4 is 16.0 Å². The molecule has 3 aromatic rings. The summed E-state index contributed by atoms with van der Waals surface area (Å²) in [6.45, 7) is 0.812. The number of hydrogen-bond donors (Lipinski definition) is 3. The van der Waals surface area contributed by atoms with Crippen LogP contribution in [0, 0.1) is 0 Å². The van der Waals surface area contributed by atoms with E-state index in [2.05, 4.69) is 31.0 Å². The Hall–Kier alpha value is -3.17. The maximum Gasteiger partial charge on any atom is 0.247 e. The van der Waals surface area contributed by atoms with Gasteiger partial charge in [0.1, 0.15) is 11.1 Å². The molecule has 0 saturated heterocycles. The predicted molar refractivity (Wildman–Crippen MR) is 111 cm³/mol. The molecule has 10 heteroatoms. The van der Waals surface area contributed by atoms with E-state index in [-0.39, 0.29) is 5.91 Å². The maximum absolute atomic E-state index is 12.8. The van der Waals surface area contributed by atoms with Crippen LogP contribution in [0.4, 0.5) is 17.5 Å². The lowest BCUT2D eigenvalue weighted by Crippen LogP contribution is -2.35. The molecule has 1 aromatic carbocycles. The highest BCUT2D eigenvalue weighted by Gasteiger charge is 2.22. The van der Waals surface area contributed by atoms with E-state index in [1.807, 2.05) is 37.4 Å². The fourth-order valence-electron chi connectivity index (χ4n) is 2.60. The van der Waals surface area contributed by atoms with E-state index < -0.39 is 6.04 Å². The minimum atomic E-state index is -0.688. The van der Waals surface area contributed by atoms with Gasteiger partial charge in [0.15, 0.2) is 5.82 Å². The number of benzene rings is 1. The minimum absolute atomic E-state index is 0.218. The predicted octanol–water partition coefficient (Wildman–Crippen LogP) is 2.52. The molecule has 0 unspecified atom stereocenters. The number of anilines is 3. The molecule has 2 heterocycles. The molecule has 29 heavy (non-hydrogen) atoms. The second-order valence-electron chi connectivity index (χ2n) is 6.19. The van der Waals surface area contributed by atoms with Crippen molar-refractivity contribution in [3.05, 3.63) is 59.5 Å². The Morgan fingerprint density at radius 2 is 2.07 bits per heavy atom. The molecule has 0 spiro atoms. The minimum Gasteiger partial charge on any atom is -0.383 e. The number of nitrogens with zero attached hydrogens (tertiary/aromatic N) is 4. The van der Waals surface area contributed by atoms with Crippen LogP contribution >= 0.6 is 11.6 Å². The fraction of sp³-hybridized carbons (Fsp3) is 0.263. The first-order chi connectivity index (χ1) is 14.1. The van der Waals surface area contributed by atoms with Gasteiger partial charge in [-0.2, -0.15) is 10.1 Å². The number of carbonyl (C=O) groups excluding carboxylic acids is 1. The van der Waals surface area contributed by atoms with Crippen molar-refractivity contribution in [2.45, 2.75) is 6.04 Å². The van der Waals surface area contributed by atoms with Gasteiger partial charge in [-0.25, -0.2) is 4.98 Å². The van der Waals surface area contributed by atoms with E-state index >= 15 is 0 Å². The van der Waals surface area contributed by atoms with Crippen LogP contribution in [0.1, 0.15) is 11.6 Å². The first kappa shape index (κ1) is 20.6. The van der Waals surface area contributed by atoms with Crippen molar-refractivity contribution in [3.63, 3.8) is 0 Å². The summed E-state index contributed by atoms with van der Waals surface area (Å²) in [5.41, 5.74) is 1.51. The van der Waals surface area contributed by atoms with Crippen LogP contribution in [0.3, 0.4) is 0 Å². The van der Waals surface area contributed by atoms with E-state index in [0.717, 1.165) is 11.3 Å². The molecule has 3 rings (SSSR count).